The van der Waals surface area contributed by atoms with Gasteiger partial charge in [-0.05, 0) is 35.9 Å². The number of benzene rings is 2. The van der Waals surface area contributed by atoms with Crippen LogP contribution in [-0.2, 0) is 4.79 Å². The zero-order valence-electron chi connectivity index (χ0n) is 16.9. The third-order valence-corrected chi connectivity index (χ3v) is 4.73. The number of rotatable bonds is 9. The lowest BCUT2D eigenvalue weighted by molar-refractivity contribution is -0.274. The molecular formula is C20H18F3N7O2S. The van der Waals surface area contributed by atoms with Gasteiger partial charge in [0.1, 0.15) is 5.75 Å². The number of carbonyl (C=O) groups excluding carboxylic acids is 1. The zero-order chi connectivity index (χ0) is 23.7. The molecule has 13 heteroatoms. The van der Waals surface area contributed by atoms with Crippen LogP contribution < -0.4 is 21.3 Å². The first-order valence-electron chi connectivity index (χ1n) is 9.30. The van der Waals surface area contributed by atoms with Crippen LogP contribution in [0.1, 0.15) is 5.56 Å². The largest absolute Gasteiger partial charge is 0.573 e. The van der Waals surface area contributed by atoms with Crippen LogP contribution in [0.25, 0.3) is 6.08 Å². The number of nitrogen functional groups attached to an aromatic ring is 1. The monoisotopic (exact) mass is 477 g/mol. The van der Waals surface area contributed by atoms with Crippen molar-refractivity contribution >= 4 is 41.6 Å². The Morgan fingerprint density at radius 3 is 2.58 bits per heavy atom. The van der Waals surface area contributed by atoms with Gasteiger partial charge in [0.15, 0.2) is 0 Å². The predicted molar refractivity (Wildman–Crippen MR) is 120 cm³/mol. The minimum absolute atomic E-state index is 0.0563. The molecule has 2 aromatic carbocycles. The molecule has 9 nitrogen and oxygen atoms in total. The average Bonchev–Trinajstić information content (AvgIpc) is 3.12. The standard InChI is InChI=1S/C20H18F3N7O2S/c21-20(22,23)32-16-10-8-15(9-11-16)26-17(31)13-33-19-29-28-18(30(19)24)27-25-12-4-7-14-5-2-1-3-6-14/h1-12H,13,24H2,(H,26,31)(H,27,28)/b7-4+,25-12+. The molecule has 0 bridgehead atoms. The second kappa shape index (κ2) is 11.0. The molecule has 0 spiro atoms. The average molecular weight is 477 g/mol. The van der Waals surface area contributed by atoms with E-state index in [1.807, 2.05) is 36.4 Å². The van der Waals surface area contributed by atoms with Crippen molar-refractivity contribution in [1.29, 1.82) is 0 Å². The van der Waals surface area contributed by atoms with Crippen LogP contribution in [0.5, 0.6) is 5.75 Å². The Morgan fingerprint density at radius 1 is 1.15 bits per heavy atom. The Morgan fingerprint density at radius 2 is 1.88 bits per heavy atom. The van der Waals surface area contributed by atoms with E-state index in [4.69, 9.17) is 5.84 Å². The lowest BCUT2D eigenvalue weighted by Gasteiger charge is -2.09. The van der Waals surface area contributed by atoms with Crippen molar-refractivity contribution in [1.82, 2.24) is 14.9 Å². The van der Waals surface area contributed by atoms with Crippen LogP contribution in [0.15, 0.2) is 70.9 Å². The van der Waals surface area contributed by atoms with Crippen molar-refractivity contribution in [2.24, 2.45) is 5.10 Å². The first-order chi connectivity index (χ1) is 15.8. The Balaban J connectivity index is 1.45. The van der Waals surface area contributed by atoms with Crippen molar-refractivity contribution in [3.8, 4) is 5.75 Å². The van der Waals surface area contributed by atoms with Crippen molar-refractivity contribution < 1.29 is 22.7 Å². The molecule has 0 saturated carbocycles. The first-order valence-corrected chi connectivity index (χ1v) is 10.3. The van der Waals surface area contributed by atoms with Crippen LogP contribution in [0, 0.1) is 0 Å². The smallest absolute Gasteiger partial charge is 0.406 e. The van der Waals surface area contributed by atoms with E-state index in [-0.39, 0.29) is 22.6 Å². The molecular weight excluding hydrogens is 459 g/mol. The van der Waals surface area contributed by atoms with E-state index < -0.39 is 12.3 Å². The van der Waals surface area contributed by atoms with Gasteiger partial charge in [0.2, 0.25) is 11.1 Å². The van der Waals surface area contributed by atoms with E-state index in [1.165, 1.54) is 18.3 Å². The number of halogens is 3. The number of allylic oxidation sites excluding steroid dienone is 1. The SMILES string of the molecule is Nn1c(N/N=C/C=C/c2ccccc2)nnc1SCC(=O)Nc1ccc(OC(F)(F)F)cc1. The first kappa shape index (κ1) is 23.7. The number of anilines is 2. The van der Waals surface area contributed by atoms with E-state index in [0.717, 1.165) is 34.1 Å². The number of hydrazone groups is 1. The maximum atomic E-state index is 12.2. The van der Waals surface area contributed by atoms with Gasteiger partial charge in [-0.25, -0.2) is 10.1 Å². The second-order valence-electron chi connectivity index (χ2n) is 6.24. The molecule has 0 unspecified atom stereocenters. The van der Waals surface area contributed by atoms with Crippen LogP contribution in [0.4, 0.5) is 24.8 Å². The molecule has 4 N–H and O–H groups in total. The number of nitrogens with two attached hydrogens (primary N) is 1. The van der Waals surface area contributed by atoms with Crippen LogP contribution in [0.2, 0.25) is 0 Å². The zero-order valence-corrected chi connectivity index (χ0v) is 17.7. The number of amides is 1. The molecule has 0 aliphatic heterocycles. The Bertz CT molecular complexity index is 1120. The van der Waals surface area contributed by atoms with Crippen molar-refractivity contribution in [3.05, 3.63) is 66.2 Å². The van der Waals surface area contributed by atoms with Gasteiger partial charge in [-0.3, -0.25) is 4.79 Å². The fraction of sp³-hybridized carbons (Fsp3) is 0.100. The summed E-state index contributed by atoms with van der Waals surface area (Å²) in [6.45, 7) is 0. The molecule has 3 aromatic rings. The number of nitrogens with one attached hydrogen (secondary N) is 2. The maximum Gasteiger partial charge on any atom is 0.573 e. The van der Waals surface area contributed by atoms with Gasteiger partial charge in [-0.1, -0.05) is 48.2 Å². The molecule has 0 aliphatic carbocycles. The number of aromatic nitrogens is 3. The van der Waals surface area contributed by atoms with Gasteiger partial charge in [-0.2, -0.15) is 5.10 Å². The van der Waals surface area contributed by atoms with Crippen LogP contribution in [-0.4, -0.2) is 39.1 Å². The number of thioether (sulfide) groups is 1. The lowest BCUT2D eigenvalue weighted by Crippen LogP contribution is -2.18. The van der Waals surface area contributed by atoms with E-state index >= 15 is 0 Å². The van der Waals surface area contributed by atoms with Crippen molar-refractivity contribution in [2.45, 2.75) is 11.5 Å². The molecule has 1 aromatic heterocycles. The molecule has 0 radical (unpaired) electrons. The van der Waals surface area contributed by atoms with Crippen molar-refractivity contribution in [2.75, 3.05) is 22.3 Å². The third kappa shape index (κ3) is 7.88. The fourth-order valence-corrected chi connectivity index (χ4v) is 3.03. The minimum atomic E-state index is -4.78. The second-order valence-corrected chi connectivity index (χ2v) is 7.19. The molecule has 0 atom stereocenters. The Labute approximate surface area is 190 Å². The highest BCUT2D eigenvalue weighted by molar-refractivity contribution is 7.99. The van der Waals surface area contributed by atoms with Crippen molar-refractivity contribution in [3.63, 3.8) is 0 Å². The molecule has 33 heavy (non-hydrogen) atoms. The number of hydrogen-bond donors (Lipinski definition) is 3. The summed E-state index contributed by atoms with van der Waals surface area (Å²) in [7, 11) is 0. The molecule has 172 valence electrons. The summed E-state index contributed by atoms with van der Waals surface area (Å²) >= 11 is 1.02. The predicted octanol–water partition coefficient (Wildman–Crippen LogP) is 3.73. The third-order valence-electron chi connectivity index (χ3n) is 3.78. The molecule has 1 heterocycles. The summed E-state index contributed by atoms with van der Waals surface area (Å²) in [6.07, 6.45) is 0.348. The fourth-order valence-electron chi connectivity index (χ4n) is 2.38. The van der Waals surface area contributed by atoms with Crippen LogP contribution >= 0.6 is 11.8 Å². The van der Waals surface area contributed by atoms with Gasteiger partial charge in [-0.15, -0.1) is 23.4 Å². The van der Waals surface area contributed by atoms with E-state index in [9.17, 15) is 18.0 Å². The summed E-state index contributed by atoms with van der Waals surface area (Å²) in [5.41, 5.74) is 3.98. The molecule has 0 aliphatic rings. The van der Waals surface area contributed by atoms with Gasteiger partial charge < -0.3 is 15.9 Å². The number of hydrogen-bond acceptors (Lipinski definition) is 8. The van der Waals surface area contributed by atoms with E-state index in [1.54, 1.807) is 6.08 Å². The minimum Gasteiger partial charge on any atom is -0.406 e. The summed E-state index contributed by atoms with van der Waals surface area (Å²) in [5, 5.41) is 14.5. The molecule has 0 saturated heterocycles. The lowest BCUT2D eigenvalue weighted by atomic mass is 10.2. The highest BCUT2D eigenvalue weighted by Gasteiger charge is 2.30. The van der Waals surface area contributed by atoms with Crippen LogP contribution in [0.3, 0.4) is 0 Å². The van der Waals surface area contributed by atoms with E-state index in [2.05, 4.69) is 30.8 Å². The Kier molecular flexibility index (Phi) is 7.91. The normalized spacial score (nSPS) is 11.7. The summed E-state index contributed by atoms with van der Waals surface area (Å²) in [6, 6.07) is 14.5. The Hall–Kier alpha value is -4.00. The summed E-state index contributed by atoms with van der Waals surface area (Å²) < 4.78 is 41.5. The summed E-state index contributed by atoms with van der Waals surface area (Å²) in [4.78, 5) is 12.1. The topological polar surface area (TPSA) is 119 Å². The quantitative estimate of drug-likeness (QED) is 0.186. The van der Waals surface area contributed by atoms with Gasteiger partial charge in [0.05, 0.1) is 5.75 Å². The number of alkyl halides is 3. The van der Waals surface area contributed by atoms with E-state index in [0.29, 0.717) is 5.69 Å². The molecule has 1 amide bonds. The number of ether oxygens (including phenoxy) is 1. The van der Waals surface area contributed by atoms with Gasteiger partial charge in [0, 0.05) is 11.9 Å². The molecule has 3 rings (SSSR count). The highest BCUT2D eigenvalue weighted by Crippen LogP contribution is 2.24. The number of carbonyl (C=O) groups is 1. The highest BCUT2D eigenvalue weighted by atomic mass is 32.2. The van der Waals surface area contributed by atoms with Gasteiger partial charge >= 0.3 is 6.36 Å². The molecule has 0 fully saturated rings. The van der Waals surface area contributed by atoms with Gasteiger partial charge in [0.25, 0.3) is 5.95 Å². The maximum absolute atomic E-state index is 12.2. The number of nitrogens with zero attached hydrogens (tertiary/aromatic N) is 4. The summed E-state index contributed by atoms with van der Waals surface area (Å²) in [5.74, 6) is 5.21.